The molecule has 0 fully saturated rings. The second-order valence-electron chi connectivity index (χ2n) is 4.08. The van der Waals surface area contributed by atoms with E-state index >= 15 is 0 Å². The second-order valence-corrected chi connectivity index (χ2v) is 5.11. The standard InChI is InChI=1S/C12H13N3O3S/c1-2-3-4-11(16)14-12-13-9-7-8(15(17)18)5-6-10(9)19-12/h5-7H,2-4H2,1H3,(H,13,14,16). The van der Waals surface area contributed by atoms with E-state index in [1.807, 2.05) is 6.92 Å². The first-order valence-electron chi connectivity index (χ1n) is 5.95. The summed E-state index contributed by atoms with van der Waals surface area (Å²) in [5, 5.41) is 13.9. The van der Waals surface area contributed by atoms with Crippen LogP contribution in [0.1, 0.15) is 26.2 Å². The molecule has 0 saturated heterocycles. The molecule has 1 N–H and O–H groups in total. The molecule has 0 aliphatic heterocycles. The monoisotopic (exact) mass is 279 g/mol. The first-order chi connectivity index (χ1) is 9.10. The van der Waals surface area contributed by atoms with E-state index in [1.165, 1.54) is 23.5 Å². The number of carbonyl (C=O) groups is 1. The minimum Gasteiger partial charge on any atom is -0.302 e. The number of rotatable bonds is 5. The van der Waals surface area contributed by atoms with Gasteiger partial charge in [-0.3, -0.25) is 14.9 Å². The number of aromatic nitrogens is 1. The van der Waals surface area contributed by atoms with Gasteiger partial charge in [0.05, 0.1) is 15.1 Å². The summed E-state index contributed by atoms with van der Waals surface area (Å²) in [5.41, 5.74) is 0.534. The Labute approximate surface area is 113 Å². The number of nitrogens with one attached hydrogen (secondary N) is 1. The first-order valence-corrected chi connectivity index (χ1v) is 6.76. The van der Waals surface area contributed by atoms with Crippen LogP contribution >= 0.6 is 11.3 Å². The third-order valence-corrected chi connectivity index (χ3v) is 3.54. The molecular weight excluding hydrogens is 266 g/mol. The largest absolute Gasteiger partial charge is 0.302 e. The van der Waals surface area contributed by atoms with Gasteiger partial charge in [-0.15, -0.1) is 0 Å². The number of hydrogen-bond acceptors (Lipinski definition) is 5. The molecule has 0 spiro atoms. The van der Waals surface area contributed by atoms with Crippen LogP contribution in [0.15, 0.2) is 18.2 Å². The van der Waals surface area contributed by atoms with E-state index < -0.39 is 4.92 Å². The van der Waals surface area contributed by atoms with Gasteiger partial charge in [-0.25, -0.2) is 4.98 Å². The lowest BCUT2D eigenvalue weighted by Gasteiger charge is -1.98. The van der Waals surface area contributed by atoms with Crippen LogP contribution in [0, 0.1) is 10.1 Å². The van der Waals surface area contributed by atoms with Gasteiger partial charge in [0.25, 0.3) is 5.69 Å². The van der Waals surface area contributed by atoms with Gasteiger partial charge in [0, 0.05) is 18.6 Å². The number of carbonyl (C=O) groups excluding carboxylic acids is 1. The molecule has 0 atom stereocenters. The molecule has 1 aromatic heterocycles. The van der Waals surface area contributed by atoms with Gasteiger partial charge < -0.3 is 5.32 Å². The number of nitrogens with zero attached hydrogens (tertiary/aromatic N) is 2. The Kier molecular flexibility index (Phi) is 4.06. The van der Waals surface area contributed by atoms with Crippen molar-refractivity contribution >= 4 is 38.3 Å². The summed E-state index contributed by atoms with van der Waals surface area (Å²) in [6.07, 6.45) is 2.26. The maximum Gasteiger partial charge on any atom is 0.271 e. The summed E-state index contributed by atoms with van der Waals surface area (Å²) in [4.78, 5) is 26.0. The molecule has 0 aliphatic carbocycles. The summed E-state index contributed by atoms with van der Waals surface area (Å²) in [7, 11) is 0. The molecule has 0 saturated carbocycles. The predicted molar refractivity (Wildman–Crippen MR) is 74.4 cm³/mol. The summed E-state index contributed by atoms with van der Waals surface area (Å²) in [5.74, 6) is -0.0737. The molecule has 2 rings (SSSR count). The molecule has 0 unspecified atom stereocenters. The number of benzene rings is 1. The van der Waals surface area contributed by atoms with E-state index in [1.54, 1.807) is 6.07 Å². The highest BCUT2D eigenvalue weighted by molar-refractivity contribution is 7.22. The number of hydrogen-bond donors (Lipinski definition) is 1. The second kappa shape index (κ2) is 5.75. The fraction of sp³-hybridized carbons (Fsp3) is 0.333. The van der Waals surface area contributed by atoms with Crippen LogP contribution in [-0.4, -0.2) is 15.8 Å². The van der Waals surface area contributed by atoms with E-state index in [0.717, 1.165) is 17.5 Å². The molecule has 7 heteroatoms. The fourth-order valence-electron chi connectivity index (χ4n) is 1.60. The third kappa shape index (κ3) is 3.25. The Hall–Kier alpha value is -2.02. The smallest absolute Gasteiger partial charge is 0.271 e. The summed E-state index contributed by atoms with van der Waals surface area (Å²) >= 11 is 1.31. The van der Waals surface area contributed by atoms with Crippen LogP contribution in [0.2, 0.25) is 0 Å². The minimum atomic E-state index is -0.460. The fourth-order valence-corrected chi connectivity index (χ4v) is 2.46. The number of thiazole rings is 1. The van der Waals surface area contributed by atoms with Crippen LogP contribution < -0.4 is 5.32 Å². The van der Waals surface area contributed by atoms with Gasteiger partial charge in [-0.1, -0.05) is 24.7 Å². The number of nitro groups is 1. The molecule has 1 heterocycles. The maximum atomic E-state index is 11.6. The Morgan fingerprint density at radius 3 is 3.00 bits per heavy atom. The predicted octanol–water partition coefficient (Wildman–Crippen LogP) is 3.33. The van der Waals surface area contributed by atoms with Crippen molar-refractivity contribution in [3.63, 3.8) is 0 Å². The number of non-ortho nitro benzene ring substituents is 1. The molecule has 0 bridgehead atoms. The minimum absolute atomic E-state index is 0.00154. The van der Waals surface area contributed by atoms with Crippen molar-refractivity contribution in [2.45, 2.75) is 26.2 Å². The summed E-state index contributed by atoms with van der Waals surface area (Å²) < 4.78 is 0.816. The number of anilines is 1. The number of unbranched alkanes of at least 4 members (excludes halogenated alkanes) is 1. The van der Waals surface area contributed by atoms with Gasteiger partial charge in [-0.05, 0) is 12.5 Å². The average Bonchev–Trinajstić information content (AvgIpc) is 2.77. The number of nitro benzene ring substituents is 1. The Bertz CT molecular complexity index is 624. The van der Waals surface area contributed by atoms with Crippen LogP contribution in [0.3, 0.4) is 0 Å². The maximum absolute atomic E-state index is 11.6. The third-order valence-electron chi connectivity index (χ3n) is 2.59. The quantitative estimate of drug-likeness (QED) is 0.672. The van der Waals surface area contributed by atoms with Crippen molar-refractivity contribution in [2.24, 2.45) is 0 Å². The Morgan fingerprint density at radius 2 is 2.32 bits per heavy atom. The Balaban J connectivity index is 2.17. The molecule has 100 valence electrons. The Morgan fingerprint density at radius 1 is 1.53 bits per heavy atom. The van der Waals surface area contributed by atoms with Crippen LogP contribution in [-0.2, 0) is 4.79 Å². The van der Waals surface area contributed by atoms with Gasteiger partial charge in [0.15, 0.2) is 5.13 Å². The zero-order valence-electron chi connectivity index (χ0n) is 10.4. The van der Waals surface area contributed by atoms with Crippen LogP contribution in [0.4, 0.5) is 10.8 Å². The summed E-state index contributed by atoms with van der Waals surface area (Å²) in [6.45, 7) is 2.02. The lowest BCUT2D eigenvalue weighted by molar-refractivity contribution is -0.384. The van der Waals surface area contributed by atoms with E-state index in [4.69, 9.17) is 0 Å². The van der Waals surface area contributed by atoms with Crippen molar-refractivity contribution in [2.75, 3.05) is 5.32 Å². The SMILES string of the molecule is CCCCC(=O)Nc1nc2cc([N+](=O)[O-])ccc2s1. The molecule has 0 radical (unpaired) electrons. The molecule has 2 aromatic rings. The van der Waals surface area contributed by atoms with Crippen molar-refractivity contribution in [3.05, 3.63) is 28.3 Å². The van der Waals surface area contributed by atoms with Crippen LogP contribution in [0.25, 0.3) is 10.2 Å². The van der Waals surface area contributed by atoms with Crippen molar-refractivity contribution < 1.29 is 9.72 Å². The van der Waals surface area contributed by atoms with Gasteiger partial charge >= 0.3 is 0 Å². The average molecular weight is 279 g/mol. The van der Waals surface area contributed by atoms with Gasteiger partial charge in [-0.2, -0.15) is 0 Å². The highest BCUT2D eigenvalue weighted by atomic mass is 32.1. The van der Waals surface area contributed by atoms with Crippen LogP contribution in [0.5, 0.6) is 0 Å². The number of amides is 1. The van der Waals surface area contributed by atoms with Crippen molar-refractivity contribution in [1.29, 1.82) is 0 Å². The first kappa shape index (κ1) is 13.4. The highest BCUT2D eigenvalue weighted by Crippen LogP contribution is 2.28. The van der Waals surface area contributed by atoms with E-state index in [9.17, 15) is 14.9 Å². The van der Waals surface area contributed by atoms with Crippen molar-refractivity contribution in [3.8, 4) is 0 Å². The van der Waals surface area contributed by atoms with E-state index in [-0.39, 0.29) is 11.6 Å². The normalized spacial score (nSPS) is 10.6. The molecular formula is C12H13N3O3S. The molecule has 0 aliphatic rings. The molecule has 6 nitrogen and oxygen atoms in total. The van der Waals surface area contributed by atoms with Gasteiger partial charge in [0.2, 0.25) is 5.91 Å². The van der Waals surface area contributed by atoms with E-state index in [0.29, 0.717) is 17.1 Å². The van der Waals surface area contributed by atoms with E-state index in [2.05, 4.69) is 10.3 Å². The van der Waals surface area contributed by atoms with Gasteiger partial charge in [0.1, 0.15) is 0 Å². The van der Waals surface area contributed by atoms with Crippen molar-refractivity contribution in [1.82, 2.24) is 4.98 Å². The lowest BCUT2D eigenvalue weighted by atomic mass is 10.2. The molecule has 19 heavy (non-hydrogen) atoms. The molecule has 1 amide bonds. The highest BCUT2D eigenvalue weighted by Gasteiger charge is 2.11. The zero-order valence-corrected chi connectivity index (χ0v) is 11.2. The molecule has 1 aromatic carbocycles. The lowest BCUT2D eigenvalue weighted by Crippen LogP contribution is -2.10. The topological polar surface area (TPSA) is 85.1 Å². The summed E-state index contributed by atoms with van der Waals surface area (Å²) in [6, 6.07) is 4.49. The number of fused-ring (bicyclic) bond motifs is 1. The zero-order chi connectivity index (χ0) is 13.8.